The van der Waals surface area contributed by atoms with Crippen molar-refractivity contribution >= 4 is 5.91 Å². The number of unbranched alkanes of at least 4 members (excludes halogenated alkanes) is 1. The van der Waals surface area contributed by atoms with E-state index < -0.39 is 5.60 Å². The van der Waals surface area contributed by atoms with Gasteiger partial charge in [0.15, 0.2) is 5.60 Å². The molecular formula is C17H25NO2. The van der Waals surface area contributed by atoms with Crippen LogP contribution in [0.4, 0.5) is 0 Å². The van der Waals surface area contributed by atoms with E-state index in [4.69, 9.17) is 4.74 Å². The quantitative estimate of drug-likeness (QED) is 0.713. The summed E-state index contributed by atoms with van der Waals surface area (Å²) in [5.41, 5.74) is 0.507. The molecule has 1 amide bonds. The summed E-state index contributed by atoms with van der Waals surface area (Å²) < 4.78 is 5.95. The zero-order valence-electron chi connectivity index (χ0n) is 12.8. The fourth-order valence-corrected chi connectivity index (χ4v) is 2.82. The van der Waals surface area contributed by atoms with Crippen molar-refractivity contribution in [2.45, 2.75) is 51.7 Å². The third-order valence-corrected chi connectivity index (χ3v) is 4.11. The maximum atomic E-state index is 12.8. The topological polar surface area (TPSA) is 32.8 Å². The van der Waals surface area contributed by atoms with Gasteiger partial charge in [0.2, 0.25) is 0 Å². The molecule has 0 aromatic heterocycles. The van der Waals surface area contributed by atoms with Gasteiger partial charge in [-0.1, -0.05) is 50.1 Å². The first-order valence-electron chi connectivity index (χ1n) is 7.71. The van der Waals surface area contributed by atoms with E-state index in [1.54, 1.807) is 0 Å². The summed E-state index contributed by atoms with van der Waals surface area (Å²) in [5, 5.41) is 0. The van der Waals surface area contributed by atoms with Crippen LogP contribution in [0.2, 0.25) is 0 Å². The van der Waals surface area contributed by atoms with E-state index in [0.29, 0.717) is 0 Å². The van der Waals surface area contributed by atoms with Crippen LogP contribution in [0.5, 0.6) is 0 Å². The second-order valence-electron chi connectivity index (χ2n) is 5.38. The van der Waals surface area contributed by atoms with Gasteiger partial charge in [0, 0.05) is 13.1 Å². The molecule has 1 aromatic carbocycles. The molecule has 20 heavy (non-hydrogen) atoms. The normalized spacial score (nSPS) is 24.4. The Morgan fingerprint density at radius 3 is 2.40 bits per heavy atom. The van der Waals surface area contributed by atoms with Crippen LogP contribution in [-0.4, -0.2) is 29.5 Å². The number of benzene rings is 1. The van der Waals surface area contributed by atoms with Crippen molar-refractivity contribution in [2.75, 3.05) is 13.1 Å². The van der Waals surface area contributed by atoms with E-state index in [1.165, 1.54) is 0 Å². The molecule has 0 radical (unpaired) electrons. The molecule has 2 atom stereocenters. The maximum Gasteiger partial charge on any atom is 0.257 e. The van der Waals surface area contributed by atoms with E-state index in [1.807, 2.05) is 49.1 Å². The highest BCUT2D eigenvalue weighted by Crippen LogP contribution is 2.53. The Kier molecular flexibility index (Phi) is 4.81. The highest BCUT2D eigenvalue weighted by molar-refractivity contribution is 5.89. The number of carbonyl (C=O) groups is 1. The highest BCUT2D eigenvalue weighted by Gasteiger charge is 2.63. The fraction of sp³-hybridized carbons (Fsp3) is 0.588. The third-order valence-electron chi connectivity index (χ3n) is 4.11. The summed E-state index contributed by atoms with van der Waals surface area (Å²) in [6, 6.07) is 10.1. The predicted octanol–water partition coefficient (Wildman–Crippen LogP) is 3.56. The number of amides is 1. The van der Waals surface area contributed by atoms with Crippen molar-refractivity contribution in [1.29, 1.82) is 0 Å². The largest absolute Gasteiger partial charge is 0.350 e. The van der Waals surface area contributed by atoms with E-state index in [-0.39, 0.29) is 12.0 Å². The van der Waals surface area contributed by atoms with Crippen molar-refractivity contribution in [2.24, 2.45) is 0 Å². The van der Waals surface area contributed by atoms with Gasteiger partial charge in [0.1, 0.15) is 6.10 Å². The lowest BCUT2D eigenvalue weighted by Crippen LogP contribution is -2.41. The van der Waals surface area contributed by atoms with Gasteiger partial charge in [-0.3, -0.25) is 4.79 Å². The first kappa shape index (κ1) is 15.0. The summed E-state index contributed by atoms with van der Waals surface area (Å²) in [5.74, 6) is 0.157. The molecule has 0 bridgehead atoms. The van der Waals surface area contributed by atoms with Gasteiger partial charge in [0.05, 0.1) is 0 Å². The molecule has 1 fully saturated rings. The average Bonchev–Trinajstić information content (AvgIpc) is 3.23. The van der Waals surface area contributed by atoms with Crippen LogP contribution in [0, 0.1) is 0 Å². The van der Waals surface area contributed by atoms with Crippen LogP contribution in [0.3, 0.4) is 0 Å². The molecule has 1 aliphatic rings. The molecule has 3 nitrogen and oxygen atoms in total. The van der Waals surface area contributed by atoms with Crippen LogP contribution in [0.1, 0.15) is 51.7 Å². The Balaban J connectivity index is 2.19. The van der Waals surface area contributed by atoms with Crippen molar-refractivity contribution in [3.8, 4) is 0 Å². The SMILES string of the molecule is CCCC[C@]1(C(=O)N(CC)CC)O[C@@H]1c1ccccc1. The van der Waals surface area contributed by atoms with E-state index in [2.05, 4.69) is 6.92 Å². The van der Waals surface area contributed by atoms with Gasteiger partial charge in [-0.05, 0) is 25.8 Å². The van der Waals surface area contributed by atoms with Gasteiger partial charge >= 0.3 is 0 Å². The first-order chi connectivity index (χ1) is 9.69. The van der Waals surface area contributed by atoms with Gasteiger partial charge < -0.3 is 9.64 Å². The molecule has 0 saturated carbocycles. The van der Waals surface area contributed by atoms with Crippen LogP contribution >= 0.6 is 0 Å². The molecule has 1 aromatic rings. The molecule has 0 unspecified atom stereocenters. The molecule has 0 N–H and O–H groups in total. The van der Waals surface area contributed by atoms with Crippen molar-refractivity contribution in [3.63, 3.8) is 0 Å². The van der Waals surface area contributed by atoms with Crippen LogP contribution < -0.4 is 0 Å². The number of hydrogen-bond donors (Lipinski definition) is 0. The minimum atomic E-state index is -0.608. The number of hydrogen-bond acceptors (Lipinski definition) is 2. The first-order valence-corrected chi connectivity index (χ1v) is 7.71. The van der Waals surface area contributed by atoms with E-state index in [9.17, 15) is 4.79 Å². The Morgan fingerprint density at radius 1 is 1.20 bits per heavy atom. The zero-order valence-corrected chi connectivity index (χ0v) is 12.8. The number of nitrogens with zero attached hydrogens (tertiary/aromatic N) is 1. The predicted molar refractivity (Wildman–Crippen MR) is 80.5 cm³/mol. The Bertz CT molecular complexity index is 442. The molecule has 110 valence electrons. The Labute approximate surface area is 121 Å². The van der Waals surface area contributed by atoms with Crippen LogP contribution in [-0.2, 0) is 9.53 Å². The lowest BCUT2D eigenvalue weighted by atomic mass is 9.92. The Morgan fingerprint density at radius 2 is 1.85 bits per heavy atom. The zero-order chi connectivity index (χ0) is 14.6. The lowest BCUT2D eigenvalue weighted by Gasteiger charge is -2.23. The molecular weight excluding hydrogens is 250 g/mol. The number of rotatable bonds is 7. The minimum absolute atomic E-state index is 0.0663. The number of ether oxygens (including phenoxy) is 1. The lowest BCUT2D eigenvalue weighted by molar-refractivity contribution is -0.136. The van der Waals surface area contributed by atoms with Crippen molar-refractivity contribution in [1.82, 2.24) is 4.90 Å². The van der Waals surface area contributed by atoms with Crippen LogP contribution in [0.15, 0.2) is 30.3 Å². The minimum Gasteiger partial charge on any atom is -0.350 e. The second-order valence-corrected chi connectivity index (χ2v) is 5.38. The standard InChI is InChI=1S/C17H25NO2/c1-4-7-13-17(16(19)18(5-2)6-3)15(20-17)14-11-9-8-10-12-14/h8-12,15H,4-7,13H2,1-3H3/t15-,17+/m1/s1. The summed E-state index contributed by atoms with van der Waals surface area (Å²) >= 11 is 0. The van der Waals surface area contributed by atoms with E-state index in [0.717, 1.165) is 37.9 Å². The molecule has 0 spiro atoms. The third kappa shape index (κ3) is 2.73. The van der Waals surface area contributed by atoms with Gasteiger partial charge in [-0.15, -0.1) is 0 Å². The molecule has 1 aliphatic heterocycles. The number of likely N-dealkylation sites (N-methyl/N-ethyl adjacent to an activating group) is 1. The Hall–Kier alpha value is -1.35. The summed E-state index contributed by atoms with van der Waals surface area (Å²) in [6.45, 7) is 7.68. The maximum absolute atomic E-state index is 12.8. The highest BCUT2D eigenvalue weighted by atomic mass is 16.6. The van der Waals surface area contributed by atoms with Gasteiger partial charge in [-0.2, -0.15) is 0 Å². The second kappa shape index (κ2) is 6.40. The van der Waals surface area contributed by atoms with Crippen LogP contribution in [0.25, 0.3) is 0 Å². The van der Waals surface area contributed by atoms with E-state index >= 15 is 0 Å². The molecule has 3 heteroatoms. The van der Waals surface area contributed by atoms with Crippen molar-refractivity contribution in [3.05, 3.63) is 35.9 Å². The number of epoxide rings is 1. The van der Waals surface area contributed by atoms with Gasteiger partial charge in [0.25, 0.3) is 5.91 Å². The van der Waals surface area contributed by atoms with Crippen molar-refractivity contribution < 1.29 is 9.53 Å². The molecule has 0 aliphatic carbocycles. The number of carbonyl (C=O) groups excluding carboxylic acids is 1. The van der Waals surface area contributed by atoms with Gasteiger partial charge in [-0.25, -0.2) is 0 Å². The molecule has 2 rings (SSSR count). The fourth-order valence-electron chi connectivity index (χ4n) is 2.82. The summed E-state index contributed by atoms with van der Waals surface area (Å²) in [6.07, 6.45) is 2.86. The smallest absolute Gasteiger partial charge is 0.257 e. The summed E-state index contributed by atoms with van der Waals surface area (Å²) in [4.78, 5) is 14.7. The average molecular weight is 275 g/mol. The summed E-state index contributed by atoms with van der Waals surface area (Å²) in [7, 11) is 0. The molecule has 1 heterocycles. The monoisotopic (exact) mass is 275 g/mol. The molecule has 1 saturated heterocycles.